The molecule has 4 heteroatoms. The molecule has 0 aromatic carbocycles. The number of aromatic nitrogens is 1. The van der Waals surface area contributed by atoms with E-state index in [0.717, 1.165) is 5.69 Å². The summed E-state index contributed by atoms with van der Waals surface area (Å²) in [6.07, 6.45) is 0.911. The molecular weight excluding hydrogens is 176 g/mol. The van der Waals surface area contributed by atoms with Crippen LogP contribution in [0.1, 0.15) is 17.4 Å². The van der Waals surface area contributed by atoms with E-state index in [9.17, 15) is 5.11 Å². The van der Waals surface area contributed by atoms with E-state index in [0.29, 0.717) is 10.6 Å². The predicted octanol–water partition coefficient (Wildman–Crippen LogP) is 1.04. The highest BCUT2D eigenvalue weighted by Gasteiger charge is 2.06. The van der Waals surface area contributed by atoms with Crippen molar-refractivity contribution in [3.8, 4) is 0 Å². The number of hydrogen-bond acceptors (Lipinski definition) is 3. The van der Waals surface area contributed by atoms with Gasteiger partial charge < -0.3 is 10.8 Å². The molecule has 0 radical (unpaired) electrons. The standard InChI is InChI=1S/C8H11ClN2O/c1-5-7(9)2-6(4-11-5)8(12)3-10/h2,4,8,12H,3,10H2,1H3. The Morgan fingerprint density at radius 1 is 1.75 bits per heavy atom. The summed E-state index contributed by atoms with van der Waals surface area (Å²) in [5.74, 6) is 0. The Hall–Kier alpha value is -0.640. The van der Waals surface area contributed by atoms with Gasteiger partial charge in [0.15, 0.2) is 0 Å². The van der Waals surface area contributed by atoms with E-state index in [1.54, 1.807) is 19.2 Å². The van der Waals surface area contributed by atoms with E-state index in [1.807, 2.05) is 0 Å². The van der Waals surface area contributed by atoms with Crippen molar-refractivity contribution in [1.82, 2.24) is 4.98 Å². The molecule has 0 amide bonds. The number of rotatable bonds is 2. The normalized spacial score (nSPS) is 13.0. The van der Waals surface area contributed by atoms with Gasteiger partial charge in [-0.3, -0.25) is 4.98 Å². The molecule has 0 aliphatic heterocycles. The van der Waals surface area contributed by atoms with Crippen LogP contribution in [0.3, 0.4) is 0 Å². The van der Waals surface area contributed by atoms with Crippen molar-refractivity contribution in [3.63, 3.8) is 0 Å². The average Bonchev–Trinajstić information content (AvgIpc) is 2.08. The largest absolute Gasteiger partial charge is 0.387 e. The molecule has 1 unspecified atom stereocenters. The Bertz CT molecular complexity index is 278. The minimum atomic E-state index is -0.671. The summed E-state index contributed by atoms with van der Waals surface area (Å²) in [6.45, 7) is 1.99. The zero-order valence-electron chi connectivity index (χ0n) is 6.79. The first-order valence-electron chi connectivity index (χ1n) is 3.65. The molecule has 1 atom stereocenters. The van der Waals surface area contributed by atoms with Gasteiger partial charge in [0.25, 0.3) is 0 Å². The van der Waals surface area contributed by atoms with E-state index in [4.69, 9.17) is 17.3 Å². The molecule has 1 aromatic rings. The number of aryl methyl sites for hydroxylation is 1. The van der Waals surface area contributed by atoms with E-state index in [2.05, 4.69) is 4.98 Å². The van der Waals surface area contributed by atoms with Crippen molar-refractivity contribution in [1.29, 1.82) is 0 Å². The molecule has 0 saturated heterocycles. The summed E-state index contributed by atoms with van der Waals surface area (Å²) in [5.41, 5.74) is 6.69. The topological polar surface area (TPSA) is 59.1 Å². The Morgan fingerprint density at radius 3 is 2.92 bits per heavy atom. The maximum atomic E-state index is 9.32. The van der Waals surface area contributed by atoms with Crippen LogP contribution in [0.15, 0.2) is 12.3 Å². The molecule has 66 valence electrons. The fourth-order valence-electron chi connectivity index (χ4n) is 0.839. The smallest absolute Gasteiger partial charge is 0.0927 e. The lowest BCUT2D eigenvalue weighted by molar-refractivity contribution is 0.186. The van der Waals surface area contributed by atoms with Crippen LogP contribution < -0.4 is 5.73 Å². The first kappa shape index (κ1) is 9.45. The first-order valence-corrected chi connectivity index (χ1v) is 4.03. The summed E-state index contributed by atoms with van der Waals surface area (Å²) >= 11 is 5.80. The fraction of sp³-hybridized carbons (Fsp3) is 0.375. The molecule has 0 saturated carbocycles. The molecule has 0 fully saturated rings. The highest BCUT2D eigenvalue weighted by molar-refractivity contribution is 6.31. The average molecular weight is 187 g/mol. The van der Waals surface area contributed by atoms with Crippen molar-refractivity contribution in [2.24, 2.45) is 5.73 Å². The lowest BCUT2D eigenvalue weighted by Gasteiger charge is -2.08. The first-order chi connectivity index (χ1) is 5.65. The monoisotopic (exact) mass is 186 g/mol. The van der Waals surface area contributed by atoms with E-state index < -0.39 is 6.10 Å². The zero-order chi connectivity index (χ0) is 9.14. The van der Waals surface area contributed by atoms with Gasteiger partial charge in [-0.2, -0.15) is 0 Å². The number of nitrogens with two attached hydrogens (primary N) is 1. The minimum Gasteiger partial charge on any atom is -0.387 e. The second-order valence-corrected chi connectivity index (χ2v) is 2.99. The summed E-state index contributed by atoms with van der Waals surface area (Å²) in [7, 11) is 0. The van der Waals surface area contributed by atoms with Gasteiger partial charge in [0.1, 0.15) is 0 Å². The molecule has 1 heterocycles. The number of aliphatic hydroxyl groups is 1. The van der Waals surface area contributed by atoms with Crippen LogP contribution in [-0.4, -0.2) is 16.6 Å². The lowest BCUT2D eigenvalue weighted by atomic mass is 10.1. The van der Waals surface area contributed by atoms with Crippen LogP contribution in [0, 0.1) is 6.92 Å². The number of halogens is 1. The van der Waals surface area contributed by atoms with Gasteiger partial charge in [-0.05, 0) is 13.0 Å². The van der Waals surface area contributed by atoms with Crippen LogP contribution in [0.5, 0.6) is 0 Å². The fourth-order valence-corrected chi connectivity index (χ4v) is 1.01. The Morgan fingerprint density at radius 2 is 2.42 bits per heavy atom. The second-order valence-electron chi connectivity index (χ2n) is 2.59. The number of hydrogen-bond donors (Lipinski definition) is 2. The van der Waals surface area contributed by atoms with Crippen molar-refractivity contribution < 1.29 is 5.11 Å². The van der Waals surface area contributed by atoms with Gasteiger partial charge >= 0.3 is 0 Å². The van der Waals surface area contributed by atoms with Gasteiger partial charge in [-0.25, -0.2) is 0 Å². The molecule has 1 aromatic heterocycles. The van der Waals surface area contributed by atoms with Gasteiger partial charge in [-0.1, -0.05) is 11.6 Å². The molecule has 3 nitrogen and oxygen atoms in total. The number of aliphatic hydroxyl groups excluding tert-OH is 1. The van der Waals surface area contributed by atoms with Crippen LogP contribution >= 0.6 is 11.6 Å². The lowest BCUT2D eigenvalue weighted by Crippen LogP contribution is -2.11. The minimum absolute atomic E-state index is 0.182. The Balaban J connectivity index is 2.96. The van der Waals surface area contributed by atoms with Gasteiger partial charge in [0.2, 0.25) is 0 Å². The zero-order valence-corrected chi connectivity index (χ0v) is 7.54. The molecule has 12 heavy (non-hydrogen) atoms. The van der Waals surface area contributed by atoms with Gasteiger partial charge in [-0.15, -0.1) is 0 Å². The van der Waals surface area contributed by atoms with Crippen LogP contribution in [0.2, 0.25) is 5.02 Å². The van der Waals surface area contributed by atoms with E-state index in [-0.39, 0.29) is 6.54 Å². The highest BCUT2D eigenvalue weighted by atomic mass is 35.5. The molecular formula is C8H11ClN2O. The van der Waals surface area contributed by atoms with Crippen molar-refractivity contribution in [3.05, 3.63) is 28.5 Å². The Kier molecular flexibility index (Phi) is 3.03. The number of nitrogens with zero attached hydrogens (tertiary/aromatic N) is 1. The number of pyridine rings is 1. The van der Waals surface area contributed by atoms with Crippen molar-refractivity contribution >= 4 is 11.6 Å². The SMILES string of the molecule is Cc1ncc(C(O)CN)cc1Cl. The second kappa shape index (κ2) is 3.85. The molecule has 0 bridgehead atoms. The molecule has 1 rings (SSSR count). The third-order valence-corrected chi connectivity index (χ3v) is 2.04. The summed E-state index contributed by atoms with van der Waals surface area (Å²) < 4.78 is 0. The van der Waals surface area contributed by atoms with Crippen molar-refractivity contribution in [2.75, 3.05) is 6.54 Å². The van der Waals surface area contributed by atoms with Crippen LogP contribution in [0.25, 0.3) is 0 Å². The van der Waals surface area contributed by atoms with E-state index in [1.165, 1.54) is 0 Å². The van der Waals surface area contributed by atoms with Crippen LogP contribution in [-0.2, 0) is 0 Å². The van der Waals surface area contributed by atoms with Gasteiger partial charge in [0, 0.05) is 18.3 Å². The molecule has 3 N–H and O–H groups in total. The third kappa shape index (κ3) is 1.94. The summed E-state index contributed by atoms with van der Waals surface area (Å²) in [4.78, 5) is 4.00. The Labute approximate surface area is 76.2 Å². The predicted molar refractivity (Wildman–Crippen MR) is 48.0 cm³/mol. The third-order valence-electron chi connectivity index (χ3n) is 1.65. The summed E-state index contributed by atoms with van der Waals surface area (Å²) in [5, 5.41) is 9.88. The molecule has 0 aliphatic carbocycles. The molecule has 0 aliphatic rings. The highest BCUT2D eigenvalue weighted by Crippen LogP contribution is 2.18. The van der Waals surface area contributed by atoms with Crippen LogP contribution in [0.4, 0.5) is 0 Å². The quantitative estimate of drug-likeness (QED) is 0.726. The molecule has 0 spiro atoms. The van der Waals surface area contributed by atoms with E-state index >= 15 is 0 Å². The maximum Gasteiger partial charge on any atom is 0.0927 e. The summed E-state index contributed by atoms with van der Waals surface area (Å²) in [6, 6.07) is 1.68. The maximum absolute atomic E-state index is 9.32. The van der Waals surface area contributed by atoms with Crippen molar-refractivity contribution in [2.45, 2.75) is 13.0 Å². The van der Waals surface area contributed by atoms with Gasteiger partial charge in [0.05, 0.1) is 16.8 Å².